The molecule has 0 radical (unpaired) electrons. The molecule has 1 saturated heterocycles. The van der Waals surface area contributed by atoms with Crippen molar-refractivity contribution in [1.29, 1.82) is 0 Å². The quantitative estimate of drug-likeness (QED) is 0.383. The Morgan fingerprint density at radius 1 is 0.879 bits per heavy atom. The van der Waals surface area contributed by atoms with Gasteiger partial charge in [-0.1, -0.05) is 51.2 Å². The Labute approximate surface area is 202 Å². The number of nitrogens with zero attached hydrogens (tertiary/aromatic N) is 3. The standard InChI is InChI=1S/C26H45N3O3S/c1-6-7-8-9-10-11-20-33(31,32)28-18-16-27(17-19-28)26(30)25-14-12-24(13-15-25)21-29(22(2)3)23(4)5/h12-15,22-23H,6-11,16-21H2,1-5H3. The highest BCUT2D eigenvalue weighted by Gasteiger charge is 2.29. The number of unbranched alkanes of at least 4 members (excludes halogenated alkanes) is 5. The smallest absolute Gasteiger partial charge is 0.253 e. The van der Waals surface area contributed by atoms with Crippen LogP contribution in [-0.2, 0) is 16.6 Å². The molecule has 2 rings (SSSR count). The van der Waals surface area contributed by atoms with Crippen LogP contribution in [0.25, 0.3) is 0 Å². The van der Waals surface area contributed by atoms with Crippen LogP contribution in [0.15, 0.2) is 24.3 Å². The Kier molecular flexibility index (Phi) is 11.3. The van der Waals surface area contributed by atoms with Gasteiger partial charge in [0.1, 0.15) is 0 Å². The first-order valence-electron chi connectivity index (χ1n) is 12.8. The first-order chi connectivity index (χ1) is 15.7. The summed E-state index contributed by atoms with van der Waals surface area (Å²) in [6, 6.07) is 8.79. The fraction of sp³-hybridized carbons (Fsp3) is 0.731. The van der Waals surface area contributed by atoms with Gasteiger partial charge >= 0.3 is 0 Å². The highest BCUT2D eigenvalue weighted by atomic mass is 32.2. The van der Waals surface area contributed by atoms with Gasteiger partial charge in [0.25, 0.3) is 5.91 Å². The van der Waals surface area contributed by atoms with Gasteiger partial charge < -0.3 is 4.90 Å². The Balaban J connectivity index is 1.83. The van der Waals surface area contributed by atoms with Gasteiger partial charge in [-0.3, -0.25) is 9.69 Å². The summed E-state index contributed by atoms with van der Waals surface area (Å²) in [5.74, 6) is 0.206. The Morgan fingerprint density at radius 3 is 1.97 bits per heavy atom. The summed E-state index contributed by atoms with van der Waals surface area (Å²) < 4.78 is 26.9. The third kappa shape index (κ3) is 8.69. The zero-order chi connectivity index (χ0) is 24.4. The summed E-state index contributed by atoms with van der Waals surface area (Å²) in [6.45, 7) is 13.5. The van der Waals surface area contributed by atoms with Crippen LogP contribution in [-0.4, -0.2) is 72.4 Å². The minimum Gasteiger partial charge on any atom is -0.336 e. The van der Waals surface area contributed by atoms with E-state index in [0.29, 0.717) is 43.8 Å². The van der Waals surface area contributed by atoms with Gasteiger partial charge in [-0.25, -0.2) is 8.42 Å². The second-order valence-corrected chi connectivity index (χ2v) is 11.9. The summed E-state index contributed by atoms with van der Waals surface area (Å²) in [4.78, 5) is 17.1. The van der Waals surface area contributed by atoms with Crippen molar-refractivity contribution in [2.45, 2.75) is 91.8 Å². The van der Waals surface area contributed by atoms with Gasteiger partial charge in [0.05, 0.1) is 5.75 Å². The predicted molar refractivity (Wildman–Crippen MR) is 137 cm³/mol. The molecule has 0 atom stereocenters. The number of piperazine rings is 1. The van der Waals surface area contributed by atoms with Gasteiger partial charge in [0, 0.05) is 50.4 Å². The molecule has 0 unspecified atom stereocenters. The fourth-order valence-corrected chi connectivity index (χ4v) is 6.02. The monoisotopic (exact) mass is 479 g/mol. The van der Waals surface area contributed by atoms with Crippen LogP contribution in [0.1, 0.15) is 89.1 Å². The summed E-state index contributed by atoms with van der Waals surface area (Å²) in [5.41, 5.74) is 1.86. The van der Waals surface area contributed by atoms with Crippen molar-refractivity contribution in [2.75, 3.05) is 31.9 Å². The first kappa shape index (κ1) is 27.8. The number of benzene rings is 1. The molecule has 1 fully saturated rings. The van der Waals surface area contributed by atoms with E-state index in [9.17, 15) is 13.2 Å². The molecule has 0 aliphatic carbocycles. The lowest BCUT2D eigenvalue weighted by molar-refractivity contribution is 0.0698. The predicted octanol–water partition coefficient (Wildman–Crippen LogP) is 4.75. The summed E-state index contributed by atoms with van der Waals surface area (Å²) >= 11 is 0. The molecule has 1 aliphatic rings. The van der Waals surface area contributed by atoms with Crippen molar-refractivity contribution in [3.05, 3.63) is 35.4 Å². The van der Waals surface area contributed by atoms with E-state index in [-0.39, 0.29) is 11.7 Å². The average Bonchev–Trinajstić information content (AvgIpc) is 2.79. The molecule has 6 nitrogen and oxygen atoms in total. The van der Waals surface area contributed by atoms with Gasteiger partial charge in [-0.05, 0) is 51.8 Å². The Hall–Kier alpha value is -1.44. The van der Waals surface area contributed by atoms with Gasteiger partial charge in [-0.2, -0.15) is 4.31 Å². The molecule has 1 amide bonds. The molecule has 1 aromatic carbocycles. The van der Waals surface area contributed by atoms with E-state index >= 15 is 0 Å². The van der Waals surface area contributed by atoms with E-state index < -0.39 is 10.0 Å². The summed E-state index contributed by atoms with van der Waals surface area (Å²) in [6.07, 6.45) is 6.41. The summed E-state index contributed by atoms with van der Waals surface area (Å²) in [7, 11) is -3.23. The molecule has 1 heterocycles. The molecule has 188 valence electrons. The van der Waals surface area contributed by atoms with E-state index in [2.05, 4.69) is 39.5 Å². The Morgan fingerprint density at radius 2 is 1.42 bits per heavy atom. The highest BCUT2D eigenvalue weighted by molar-refractivity contribution is 7.89. The van der Waals surface area contributed by atoms with Crippen LogP contribution in [0.2, 0.25) is 0 Å². The van der Waals surface area contributed by atoms with E-state index in [1.54, 1.807) is 9.21 Å². The number of carbonyl (C=O) groups excluding carboxylic acids is 1. The SMILES string of the molecule is CCCCCCCCS(=O)(=O)N1CCN(C(=O)c2ccc(CN(C(C)C)C(C)C)cc2)CC1. The van der Waals surface area contributed by atoms with Crippen LogP contribution in [0.5, 0.6) is 0 Å². The van der Waals surface area contributed by atoms with Crippen LogP contribution < -0.4 is 0 Å². The molecule has 0 spiro atoms. The minimum atomic E-state index is -3.23. The van der Waals surface area contributed by atoms with Crippen LogP contribution in [0.3, 0.4) is 0 Å². The van der Waals surface area contributed by atoms with E-state index in [1.807, 2.05) is 24.3 Å². The number of rotatable bonds is 13. The Bertz CT molecular complexity index is 806. The van der Waals surface area contributed by atoms with Crippen molar-refractivity contribution in [3.63, 3.8) is 0 Å². The minimum absolute atomic E-state index is 0.0147. The third-order valence-corrected chi connectivity index (χ3v) is 8.52. The highest BCUT2D eigenvalue weighted by Crippen LogP contribution is 2.16. The molecule has 1 aromatic rings. The van der Waals surface area contributed by atoms with Crippen molar-refractivity contribution in [2.24, 2.45) is 0 Å². The number of amides is 1. The van der Waals surface area contributed by atoms with E-state index in [1.165, 1.54) is 24.8 Å². The van der Waals surface area contributed by atoms with Crippen LogP contribution >= 0.6 is 0 Å². The molecule has 1 aliphatic heterocycles. The fourth-order valence-electron chi connectivity index (χ4n) is 4.47. The molecule has 0 aromatic heterocycles. The van der Waals surface area contributed by atoms with Crippen LogP contribution in [0, 0.1) is 0 Å². The van der Waals surface area contributed by atoms with Crippen molar-refractivity contribution in [3.8, 4) is 0 Å². The second kappa shape index (κ2) is 13.4. The lowest BCUT2D eigenvalue weighted by Gasteiger charge is -2.34. The molecule has 33 heavy (non-hydrogen) atoms. The van der Waals surface area contributed by atoms with Gasteiger partial charge in [0.2, 0.25) is 10.0 Å². The lowest BCUT2D eigenvalue weighted by Crippen LogP contribution is -2.51. The van der Waals surface area contributed by atoms with Gasteiger partial charge in [0.15, 0.2) is 0 Å². The zero-order valence-electron chi connectivity index (χ0n) is 21.4. The molecular weight excluding hydrogens is 434 g/mol. The molecule has 0 bridgehead atoms. The third-order valence-electron chi connectivity index (χ3n) is 6.57. The first-order valence-corrected chi connectivity index (χ1v) is 14.4. The maximum absolute atomic E-state index is 13.0. The topological polar surface area (TPSA) is 60.9 Å². The molecular formula is C26H45N3O3S. The average molecular weight is 480 g/mol. The maximum Gasteiger partial charge on any atom is 0.253 e. The van der Waals surface area contributed by atoms with Crippen molar-refractivity contribution >= 4 is 15.9 Å². The van der Waals surface area contributed by atoms with Crippen LogP contribution in [0.4, 0.5) is 0 Å². The van der Waals surface area contributed by atoms with Crippen molar-refractivity contribution < 1.29 is 13.2 Å². The number of carbonyl (C=O) groups is 1. The van der Waals surface area contributed by atoms with E-state index in [0.717, 1.165) is 25.8 Å². The lowest BCUT2D eigenvalue weighted by atomic mass is 10.1. The number of hydrogen-bond acceptors (Lipinski definition) is 4. The van der Waals surface area contributed by atoms with E-state index in [4.69, 9.17) is 0 Å². The molecule has 7 heteroatoms. The zero-order valence-corrected chi connectivity index (χ0v) is 22.2. The van der Waals surface area contributed by atoms with Gasteiger partial charge in [-0.15, -0.1) is 0 Å². The second-order valence-electron chi connectivity index (χ2n) is 9.83. The molecule has 0 saturated carbocycles. The number of sulfonamides is 1. The van der Waals surface area contributed by atoms with Crippen molar-refractivity contribution in [1.82, 2.24) is 14.1 Å². The normalized spacial score (nSPS) is 15.7. The molecule has 0 N–H and O–H groups in total. The largest absolute Gasteiger partial charge is 0.336 e. The number of hydrogen-bond donors (Lipinski definition) is 0. The summed E-state index contributed by atoms with van der Waals surface area (Å²) in [5, 5.41) is 0. The maximum atomic E-state index is 13.0.